The second-order valence-electron chi connectivity index (χ2n) is 4.20. The number of rotatable bonds is 2. The molecule has 3 nitrogen and oxygen atoms in total. The Hall–Kier alpha value is -2.13. The number of fused-ring (bicyclic) bond motifs is 2. The molecule has 0 fully saturated rings. The summed E-state index contributed by atoms with van der Waals surface area (Å²) in [7, 11) is 0. The summed E-state index contributed by atoms with van der Waals surface area (Å²) in [5.74, 6) is -0.284. The molecule has 1 heterocycles. The Morgan fingerprint density at radius 1 is 1.00 bits per heavy atom. The maximum Gasteiger partial charge on any atom is 0.239 e. The topological polar surface area (TPSA) is 42.0 Å². The summed E-state index contributed by atoms with van der Waals surface area (Å²) < 4.78 is 0. The van der Waals surface area contributed by atoms with Gasteiger partial charge in [0.2, 0.25) is 5.91 Å². The number of hydrogen-bond acceptors (Lipinski definition) is 2. The molecular formula is C15H11ClN2O. The molecule has 0 radical (unpaired) electrons. The number of alkyl halides is 1. The molecule has 2 aromatic carbocycles. The van der Waals surface area contributed by atoms with Crippen LogP contribution in [0.4, 0.5) is 5.69 Å². The van der Waals surface area contributed by atoms with E-state index >= 15 is 0 Å². The van der Waals surface area contributed by atoms with Gasteiger partial charge in [0, 0.05) is 10.8 Å². The molecule has 0 unspecified atom stereocenters. The summed E-state index contributed by atoms with van der Waals surface area (Å²) in [5, 5.41) is 4.70. The predicted octanol–water partition coefficient (Wildman–Crippen LogP) is 3.57. The number of aromatic nitrogens is 1. The van der Waals surface area contributed by atoms with Crippen molar-refractivity contribution in [3.63, 3.8) is 0 Å². The van der Waals surface area contributed by atoms with Gasteiger partial charge in [0.05, 0.1) is 16.7 Å². The van der Waals surface area contributed by atoms with E-state index in [4.69, 9.17) is 11.6 Å². The molecule has 0 saturated carbocycles. The number of halogens is 1. The average molecular weight is 271 g/mol. The molecule has 0 aliphatic carbocycles. The third-order valence-corrected chi connectivity index (χ3v) is 3.22. The van der Waals surface area contributed by atoms with Crippen molar-refractivity contribution >= 4 is 45.0 Å². The first-order chi connectivity index (χ1) is 9.29. The first kappa shape index (κ1) is 11.9. The number of carbonyl (C=O) groups is 1. The number of nitrogens with zero attached hydrogens (tertiary/aromatic N) is 1. The SMILES string of the molecule is O=C(CCl)Nc1c2ccccc2nc2ccccc12. The van der Waals surface area contributed by atoms with Crippen LogP contribution in [-0.4, -0.2) is 16.8 Å². The lowest BCUT2D eigenvalue weighted by Gasteiger charge is -2.11. The van der Waals surface area contributed by atoms with Crippen molar-refractivity contribution < 1.29 is 4.79 Å². The normalized spacial score (nSPS) is 10.8. The Kier molecular flexibility index (Phi) is 3.05. The lowest BCUT2D eigenvalue weighted by atomic mass is 10.1. The van der Waals surface area contributed by atoms with Crippen LogP contribution in [0.25, 0.3) is 21.8 Å². The Bertz CT molecular complexity index is 716. The minimum atomic E-state index is -0.219. The third-order valence-electron chi connectivity index (χ3n) is 2.97. The Morgan fingerprint density at radius 3 is 2.05 bits per heavy atom. The fourth-order valence-electron chi connectivity index (χ4n) is 2.15. The van der Waals surface area contributed by atoms with Gasteiger partial charge in [0.25, 0.3) is 0 Å². The lowest BCUT2D eigenvalue weighted by Crippen LogP contribution is -2.13. The highest BCUT2D eigenvalue weighted by Gasteiger charge is 2.10. The Morgan fingerprint density at radius 2 is 1.53 bits per heavy atom. The molecule has 0 aliphatic rings. The van der Waals surface area contributed by atoms with Gasteiger partial charge in [-0.3, -0.25) is 4.79 Å². The number of carbonyl (C=O) groups excluding carboxylic acids is 1. The van der Waals surface area contributed by atoms with Gasteiger partial charge in [-0.25, -0.2) is 4.98 Å². The number of benzene rings is 2. The highest BCUT2D eigenvalue weighted by Crippen LogP contribution is 2.30. The molecule has 0 saturated heterocycles. The minimum Gasteiger partial charge on any atom is -0.324 e. The van der Waals surface area contributed by atoms with Crippen molar-refractivity contribution in [1.82, 2.24) is 4.98 Å². The van der Waals surface area contributed by atoms with Crippen LogP contribution >= 0.6 is 11.6 Å². The molecule has 1 aromatic heterocycles. The number of pyridine rings is 1. The molecule has 0 aliphatic heterocycles. The Labute approximate surface area is 115 Å². The van der Waals surface area contributed by atoms with E-state index in [0.717, 1.165) is 27.5 Å². The van der Waals surface area contributed by atoms with Crippen molar-refractivity contribution in [1.29, 1.82) is 0 Å². The molecule has 3 aromatic rings. The van der Waals surface area contributed by atoms with Gasteiger partial charge < -0.3 is 5.32 Å². The first-order valence-corrected chi connectivity index (χ1v) is 6.46. The summed E-state index contributed by atoms with van der Waals surface area (Å²) >= 11 is 5.58. The van der Waals surface area contributed by atoms with E-state index in [1.807, 2.05) is 48.5 Å². The second kappa shape index (κ2) is 4.86. The Balaban J connectivity index is 2.36. The van der Waals surface area contributed by atoms with Crippen LogP contribution in [0, 0.1) is 0 Å². The second-order valence-corrected chi connectivity index (χ2v) is 4.47. The zero-order chi connectivity index (χ0) is 13.2. The van der Waals surface area contributed by atoms with E-state index in [1.54, 1.807) is 0 Å². The molecule has 0 bridgehead atoms. The molecule has 4 heteroatoms. The smallest absolute Gasteiger partial charge is 0.239 e. The van der Waals surface area contributed by atoms with Gasteiger partial charge >= 0.3 is 0 Å². The maximum absolute atomic E-state index is 11.6. The summed E-state index contributed by atoms with van der Waals surface area (Å²) in [5.41, 5.74) is 2.48. The summed E-state index contributed by atoms with van der Waals surface area (Å²) in [6.07, 6.45) is 0. The summed E-state index contributed by atoms with van der Waals surface area (Å²) in [4.78, 5) is 16.2. The van der Waals surface area contributed by atoms with E-state index in [0.29, 0.717) is 0 Å². The van der Waals surface area contributed by atoms with Gasteiger partial charge in [-0.1, -0.05) is 36.4 Å². The zero-order valence-electron chi connectivity index (χ0n) is 10.1. The van der Waals surface area contributed by atoms with Crippen molar-refractivity contribution in [2.24, 2.45) is 0 Å². The molecule has 1 amide bonds. The standard InChI is InChI=1S/C15H11ClN2O/c16-9-14(19)18-15-10-5-1-3-7-12(10)17-13-8-4-2-6-11(13)15/h1-8H,9H2,(H,17,18,19). The van der Waals surface area contributed by atoms with Gasteiger partial charge in [-0.05, 0) is 12.1 Å². The van der Waals surface area contributed by atoms with E-state index in [1.165, 1.54) is 0 Å². The van der Waals surface area contributed by atoms with Crippen LogP contribution in [0.5, 0.6) is 0 Å². The monoisotopic (exact) mass is 270 g/mol. The molecule has 1 N–H and O–H groups in total. The minimum absolute atomic E-state index is 0.0645. The van der Waals surface area contributed by atoms with E-state index in [-0.39, 0.29) is 11.8 Å². The van der Waals surface area contributed by atoms with E-state index < -0.39 is 0 Å². The van der Waals surface area contributed by atoms with Gasteiger partial charge in [-0.2, -0.15) is 0 Å². The lowest BCUT2D eigenvalue weighted by molar-refractivity contribution is -0.113. The van der Waals surface area contributed by atoms with Crippen LogP contribution in [0.3, 0.4) is 0 Å². The van der Waals surface area contributed by atoms with E-state index in [9.17, 15) is 4.79 Å². The van der Waals surface area contributed by atoms with E-state index in [2.05, 4.69) is 10.3 Å². The van der Waals surface area contributed by atoms with Crippen molar-refractivity contribution in [2.75, 3.05) is 11.2 Å². The summed E-state index contributed by atoms with van der Waals surface area (Å²) in [6.45, 7) is 0. The number of para-hydroxylation sites is 2. The van der Waals surface area contributed by atoms with Gasteiger partial charge in [0.15, 0.2) is 0 Å². The van der Waals surface area contributed by atoms with Crippen LogP contribution in [-0.2, 0) is 4.79 Å². The van der Waals surface area contributed by atoms with Gasteiger partial charge in [-0.15, -0.1) is 11.6 Å². The first-order valence-electron chi connectivity index (χ1n) is 5.93. The molecule has 0 atom stereocenters. The molecule has 94 valence electrons. The number of anilines is 1. The fourth-order valence-corrected chi connectivity index (χ4v) is 2.21. The van der Waals surface area contributed by atoms with Crippen LogP contribution in [0.15, 0.2) is 48.5 Å². The zero-order valence-corrected chi connectivity index (χ0v) is 10.8. The quantitative estimate of drug-likeness (QED) is 0.571. The largest absolute Gasteiger partial charge is 0.324 e. The van der Waals surface area contributed by atoms with Crippen molar-refractivity contribution in [3.05, 3.63) is 48.5 Å². The fraction of sp³-hybridized carbons (Fsp3) is 0.0667. The summed E-state index contributed by atoms with van der Waals surface area (Å²) in [6, 6.07) is 15.5. The number of hydrogen-bond donors (Lipinski definition) is 1. The molecule has 19 heavy (non-hydrogen) atoms. The van der Waals surface area contributed by atoms with Crippen LogP contribution < -0.4 is 5.32 Å². The van der Waals surface area contributed by atoms with Crippen LogP contribution in [0.1, 0.15) is 0 Å². The average Bonchev–Trinajstić information content (AvgIpc) is 2.46. The van der Waals surface area contributed by atoms with Crippen molar-refractivity contribution in [3.8, 4) is 0 Å². The number of amides is 1. The maximum atomic E-state index is 11.6. The van der Waals surface area contributed by atoms with Crippen LogP contribution in [0.2, 0.25) is 0 Å². The highest BCUT2D eigenvalue weighted by atomic mass is 35.5. The number of nitrogens with one attached hydrogen (secondary N) is 1. The van der Waals surface area contributed by atoms with Crippen molar-refractivity contribution in [2.45, 2.75) is 0 Å². The predicted molar refractivity (Wildman–Crippen MR) is 78.6 cm³/mol. The van der Waals surface area contributed by atoms with Gasteiger partial charge in [0.1, 0.15) is 5.88 Å². The molecule has 0 spiro atoms. The third kappa shape index (κ3) is 2.13. The highest BCUT2D eigenvalue weighted by molar-refractivity contribution is 6.30. The molecule has 3 rings (SSSR count). The molecular weight excluding hydrogens is 260 g/mol.